The normalized spacial score (nSPS) is 49.8. The van der Waals surface area contributed by atoms with E-state index in [2.05, 4.69) is 6.42 Å². The van der Waals surface area contributed by atoms with Crippen LogP contribution in [0.5, 0.6) is 0 Å². The van der Waals surface area contributed by atoms with Crippen LogP contribution in [-0.2, 0) is 0 Å². The van der Waals surface area contributed by atoms with Crippen LogP contribution in [0.4, 0.5) is 0 Å². The fourth-order valence-electron chi connectivity index (χ4n) is 4.37. The molecule has 4 atom stereocenters. The summed E-state index contributed by atoms with van der Waals surface area (Å²) in [5, 5.41) is 0. The second-order valence-electron chi connectivity index (χ2n) is 5.47. The van der Waals surface area contributed by atoms with Crippen molar-refractivity contribution in [3.8, 4) is 0 Å². The lowest BCUT2D eigenvalue weighted by molar-refractivity contribution is 0.197. The Hall–Kier alpha value is 0. The zero-order valence-electron chi connectivity index (χ0n) is 8.54. The zero-order valence-corrected chi connectivity index (χ0v) is 8.54. The summed E-state index contributed by atoms with van der Waals surface area (Å²) in [4.78, 5) is 0. The number of hydrogen-bond acceptors (Lipinski definition) is 0. The summed E-state index contributed by atoms with van der Waals surface area (Å²) in [7, 11) is 0. The quantitative estimate of drug-likeness (QED) is 0.527. The largest absolute Gasteiger partial charge is 0.0530 e. The van der Waals surface area contributed by atoms with Crippen LogP contribution in [0, 0.1) is 30.1 Å². The summed E-state index contributed by atoms with van der Waals surface area (Å²) in [6, 6.07) is 0. The lowest BCUT2D eigenvalue weighted by atomic mass is 9.73. The van der Waals surface area contributed by atoms with E-state index >= 15 is 0 Å². The topological polar surface area (TPSA) is 0 Å². The Bertz CT molecular complexity index is 164. The highest BCUT2D eigenvalue weighted by Crippen LogP contribution is 2.53. The molecule has 0 amide bonds. The molecular formula is C13H21. The molecule has 0 spiro atoms. The Morgan fingerprint density at radius 3 is 2.69 bits per heavy atom. The van der Waals surface area contributed by atoms with Crippen LogP contribution < -0.4 is 0 Å². The van der Waals surface area contributed by atoms with Crippen LogP contribution in [0.3, 0.4) is 0 Å². The van der Waals surface area contributed by atoms with Gasteiger partial charge in [-0.15, -0.1) is 0 Å². The van der Waals surface area contributed by atoms with E-state index < -0.39 is 0 Å². The van der Waals surface area contributed by atoms with Crippen LogP contribution >= 0.6 is 0 Å². The molecule has 3 rings (SSSR count). The molecule has 3 aliphatic carbocycles. The summed E-state index contributed by atoms with van der Waals surface area (Å²) in [5.74, 6) is 4.57. The standard InChI is InChI=1S/C13H21/c1-3-7-12-10(5-1)9-11-6-2-4-8-13(11)12/h1,10-13H,2-9H2. The molecule has 3 fully saturated rings. The Labute approximate surface area is 82.1 Å². The van der Waals surface area contributed by atoms with Gasteiger partial charge in [-0.2, -0.15) is 0 Å². The SMILES string of the molecule is [CH]1CCC2C(C1)CC1CCCCC12. The Morgan fingerprint density at radius 2 is 1.69 bits per heavy atom. The van der Waals surface area contributed by atoms with Gasteiger partial charge in [-0.05, 0) is 62.2 Å². The average Bonchev–Trinajstić information content (AvgIpc) is 2.56. The van der Waals surface area contributed by atoms with Gasteiger partial charge in [0.1, 0.15) is 0 Å². The van der Waals surface area contributed by atoms with E-state index in [1.807, 2.05) is 0 Å². The van der Waals surface area contributed by atoms with Crippen LogP contribution in [0.25, 0.3) is 0 Å². The first-order chi connectivity index (χ1) is 6.45. The minimum absolute atomic E-state index is 1.11. The smallest absolute Gasteiger partial charge is 0.0354 e. The molecule has 0 aromatic carbocycles. The fourth-order valence-corrected chi connectivity index (χ4v) is 4.37. The van der Waals surface area contributed by atoms with Crippen LogP contribution in [-0.4, -0.2) is 0 Å². The molecule has 0 bridgehead atoms. The molecule has 0 nitrogen and oxygen atoms in total. The molecule has 0 N–H and O–H groups in total. The molecule has 3 saturated carbocycles. The molecule has 0 aliphatic heterocycles. The van der Waals surface area contributed by atoms with Crippen molar-refractivity contribution in [1.29, 1.82) is 0 Å². The van der Waals surface area contributed by atoms with Crippen molar-refractivity contribution in [2.24, 2.45) is 23.7 Å². The van der Waals surface area contributed by atoms with Gasteiger partial charge in [0.15, 0.2) is 0 Å². The molecular weight excluding hydrogens is 156 g/mol. The summed E-state index contributed by atoms with van der Waals surface area (Å²) < 4.78 is 0. The van der Waals surface area contributed by atoms with Crippen LogP contribution in [0.15, 0.2) is 0 Å². The van der Waals surface area contributed by atoms with E-state index in [1.54, 1.807) is 19.3 Å². The molecule has 1 radical (unpaired) electrons. The van der Waals surface area contributed by atoms with Crippen LogP contribution in [0.2, 0.25) is 0 Å². The van der Waals surface area contributed by atoms with E-state index in [-0.39, 0.29) is 0 Å². The van der Waals surface area contributed by atoms with E-state index in [0.29, 0.717) is 0 Å². The van der Waals surface area contributed by atoms with Crippen molar-refractivity contribution in [2.45, 2.75) is 51.4 Å². The van der Waals surface area contributed by atoms with Crippen molar-refractivity contribution in [3.05, 3.63) is 6.42 Å². The summed E-state index contributed by atoms with van der Waals surface area (Å²) in [6.07, 6.45) is 14.8. The molecule has 0 heterocycles. The lowest BCUT2D eigenvalue weighted by Gasteiger charge is -2.32. The molecule has 3 aliphatic rings. The third kappa shape index (κ3) is 1.33. The maximum atomic E-state index is 2.55. The Morgan fingerprint density at radius 1 is 0.846 bits per heavy atom. The third-order valence-corrected chi connectivity index (χ3v) is 4.90. The van der Waals surface area contributed by atoms with Gasteiger partial charge in [0.2, 0.25) is 0 Å². The molecule has 73 valence electrons. The van der Waals surface area contributed by atoms with Gasteiger partial charge >= 0.3 is 0 Å². The van der Waals surface area contributed by atoms with E-state index in [0.717, 1.165) is 23.7 Å². The second-order valence-corrected chi connectivity index (χ2v) is 5.47. The van der Waals surface area contributed by atoms with E-state index in [1.165, 1.54) is 32.1 Å². The first-order valence-corrected chi connectivity index (χ1v) is 6.27. The van der Waals surface area contributed by atoms with E-state index in [9.17, 15) is 0 Å². The second kappa shape index (κ2) is 3.29. The highest BCUT2D eigenvalue weighted by molar-refractivity contribution is 4.97. The molecule has 13 heavy (non-hydrogen) atoms. The number of rotatable bonds is 0. The maximum Gasteiger partial charge on any atom is -0.0354 e. The average molecular weight is 177 g/mol. The minimum Gasteiger partial charge on any atom is -0.0530 e. The highest BCUT2D eigenvalue weighted by atomic mass is 14.5. The molecule has 4 unspecified atom stereocenters. The predicted molar refractivity (Wildman–Crippen MR) is 55.2 cm³/mol. The van der Waals surface area contributed by atoms with Crippen molar-refractivity contribution in [2.75, 3.05) is 0 Å². The summed E-state index contributed by atoms with van der Waals surface area (Å²) >= 11 is 0. The van der Waals surface area contributed by atoms with Gasteiger partial charge < -0.3 is 0 Å². The molecule has 0 saturated heterocycles. The lowest BCUT2D eigenvalue weighted by Crippen LogP contribution is -2.22. The van der Waals surface area contributed by atoms with Gasteiger partial charge in [0.25, 0.3) is 0 Å². The van der Waals surface area contributed by atoms with Gasteiger partial charge in [0, 0.05) is 0 Å². The van der Waals surface area contributed by atoms with Crippen LogP contribution in [0.1, 0.15) is 51.4 Å². The van der Waals surface area contributed by atoms with Crippen molar-refractivity contribution in [3.63, 3.8) is 0 Å². The molecule has 0 aromatic rings. The summed E-state index contributed by atoms with van der Waals surface area (Å²) in [6.45, 7) is 0. The first-order valence-electron chi connectivity index (χ1n) is 6.27. The fraction of sp³-hybridized carbons (Fsp3) is 0.923. The van der Waals surface area contributed by atoms with Crippen molar-refractivity contribution < 1.29 is 0 Å². The van der Waals surface area contributed by atoms with Crippen molar-refractivity contribution in [1.82, 2.24) is 0 Å². The zero-order chi connectivity index (χ0) is 8.67. The van der Waals surface area contributed by atoms with Crippen molar-refractivity contribution >= 4 is 0 Å². The predicted octanol–water partition coefficient (Wildman–Crippen LogP) is 3.82. The summed E-state index contributed by atoms with van der Waals surface area (Å²) in [5.41, 5.74) is 0. The Kier molecular flexibility index (Phi) is 2.11. The van der Waals surface area contributed by atoms with Gasteiger partial charge in [-0.1, -0.05) is 19.3 Å². The first kappa shape index (κ1) is 8.32. The number of fused-ring (bicyclic) bond motifs is 3. The maximum absolute atomic E-state index is 2.55. The van der Waals surface area contributed by atoms with E-state index in [4.69, 9.17) is 0 Å². The highest BCUT2D eigenvalue weighted by Gasteiger charge is 2.44. The third-order valence-electron chi connectivity index (χ3n) is 4.90. The minimum atomic E-state index is 1.11. The van der Waals surface area contributed by atoms with Gasteiger partial charge in [-0.25, -0.2) is 0 Å². The number of hydrogen-bond donors (Lipinski definition) is 0. The van der Waals surface area contributed by atoms with Gasteiger partial charge in [0.05, 0.1) is 0 Å². The molecule has 0 heteroatoms. The van der Waals surface area contributed by atoms with Gasteiger partial charge in [-0.3, -0.25) is 0 Å². The molecule has 0 aromatic heterocycles. The monoisotopic (exact) mass is 177 g/mol. The Balaban J connectivity index is 1.76.